The van der Waals surface area contributed by atoms with E-state index < -0.39 is 8.32 Å². The van der Waals surface area contributed by atoms with Crippen molar-refractivity contribution in [1.29, 1.82) is 0 Å². The molecule has 0 aromatic heterocycles. The lowest BCUT2D eigenvalue weighted by molar-refractivity contribution is -0.00700. The maximum absolute atomic E-state index is 8.95. The van der Waals surface area contributed by atoms with Crippen molar-refractivity contribution >= 4 is 8.32 Å². The molecule has 3 nitrogen and oxygen atoms in total. The average Bonchev–Trinajstić information content (AvgIpc) is 2.73. The van der Waals surface area contributed by atoms with Crippen LogP contribution in [0.15, 0.2) is 0 Å². The first-order valence-corrected chi connectivity index (χ1v) is 10.5. The van der Waals surface area contributed by atoms with Gasteiger partial charge in [-0.15, -0.1) is 0 Å². The van der Waals surface area contributed by atoms with Crippen molar-refractivity contribution in [2.75, 3.05) is 13.2 Å². The van der Waals surface area contributed by atoms with E-state index in [1.807, 2.05) is 0 Å². The summed E-state index contributed by atoms with van der Waals surface area (Å²) in [6.45, 7) is 14.7. The summed E-state index contributed by atoms with van der Waals surface area (Å²) >= 11 is 0. The van der Waals surface area contributed by atoms with Crippen LogP contribution in [0.1, 0.15) is 47.0 Å². The Morgan fingerprint density at radius 2 is 1.95 bits per heavy atom. The summed E-state index contributed by atoms with van der Waals surface area (Å²) in [5.41, 5.74) is 0. The zero-order valence-corrected chi connectivity index (χ0v) is 14.5. The van der Waals surface area contributed by atoms with Gasteiger partial charge in [-0.3, -0.25) is 0 Å². The van der Waals surface area contributed by atoms with E-state index in [0.717, 1.165) is 25.9 Å². The highest BCUT2D eigenvalue weighted by molar-refractivity contribution is 6.74. The fourth-order valence-corrected chi connectivity index (χ4v) is 3.28. The number of hydrogen-bond acceptors (Lipinski definition) is 3. The van der Waals surface area contributed by atoms with Gasteiger partial charge in [-0.05, 0) is 37.4 Å². The van der Waals surface area contributed by atoms with E-state index in [1.54, 1.807) is 0 Å². The molecule has 0 aromatic carbocycles. The zero-order valence-electron chi connectivity index (χ0n) is 13.5. The predicted octanol–water partition coefficient (Wildman–Crippen LogP) is 3.57. The minimum Gasteiger partial charge on any atom is -0.416 e. The van der Waals surface area contributed by atoms with Crippen LogP contribution in [-0.4, -0.2) is 38.8 Å². The molecule has 114 valence electrons. The fraction of sp³-hybridized carbons (Fsp3) is 1.00. The highest BCUT2D eigenvalue weighted by Gasteiger charge is 2.38. The van der Waals surface area contributed by atoms with Crippen molar-refractivity contribution < 1.29 is 14.3 Å². The number of hydrogen-bond donors (Lipinski definition) is 1. The van der Waals surface area contributed by atoms with Crippen molar-refractivity contribution in [3.05, 3.63) is 0 Å². The standard InChI is InChI=1S/C15H32O3Si/c1-12(11-17-19(5,6)15(2,3)4)14-8-7-13(18-14)9-10-16/h12-14,16H,7-11H2,1-6H3/t12-,13-,14+/m0/s1. The van der Waals surface area contributed by atoms with Gasteiger partial charge in [0.25, 0.3) is 0 Å². The maximum atomic E-state index is 8.95. The Morgan fingerprint density at radius 1 is 1.32 bits per heavy atom. The second-order valence-electron chi connectivity index (χ2n) is 7.43. The fourth-order valence-electron chi connectivity index (χ4n) is 2.17. The highest BCUT2D eigenvalue weighted by atomic mass is 28.4. The Morgan fingerprint density at radius 3 is 2.47 bits per heavy atom. The third-order valence-corrected chi connectivity index (χ3v) is 9.24. The molecule has 19 heavy (non-hydrogen) atoms. The van der Waals surface area contributed by atoms with Gasteiger partial charge in [0.05, 0.1) is 12.2 Å². The van der Waals surface area contributed by atoms with Gasteiger partial charge in [-0.25, -0.2) is 0 Å². The summed E-state index contributed by atoms with van der Waals surface area (Å²) in [5.74, 6) is 0.442. The minimum atomic E-state index is -1.65. The van der Waals surface area contributed by atoms with E-state index in [-0.39, 0.29) is 17.7 Å². The third-order valence-electron chi connectivity index (χ3n) is 4.74. The Labute approximate surface area is 119 Å². The smallest absolute Gasteiger partial charge is 0.191 e. The topological polar surface area (TPSA) is 38.7 Å². The van der Waals surface area contributed by atoms with Crippen LogP contribution < -0.4 is 0 Å². The molecule has 1 fully saturated rings. The van der Waals surface area contributed by atoms with Gasteiger partial charge in [0.15, 0.2) is 8.32 Å². The SMILES string of the molecule is C[C@@H](CO[Si](C)(C)C(C)(C)C)[C@H]1CC[C@@H](CCO)O1. The summed E-state index contributed by atoms with van der Waals surface area (Å²) in [6, 6.07) is 0. The van der Waals surface area contributed by atoms with Crippen molar-refractivity contribution in [3.63, 3.8) is 0 Å². The van der Waals surface area contributed by atoms with E-state index >= 15 is 0 Å². The monoisotopic (exact) mass is 288 g/mol. The van der Waals surface area contributed by atoms with Gasteiger partial charge in [0, 0.05) is 19.1 Å². The predicted molar refractivity (Wildman–Crippen MR) is 81.9 cm³/mol. The van der Waals surface area contributed by atoms with Gasteiger partial charge < -0.3 is 14.3 Å². The van der Waals surface area contributed by atoms with Crippen LogP contribution in [0.3, 0.4) is 0 Å². The normalized spacial score (nSPS) is 26.7. The minimum absolute atomic E-state index is 0.228. The summed E-state index contributed by atoms with van der Waals surface area (Å²) in [6.07, 6.45) is 3.51. The zero-order chi connectivity index (χ0) is 14.7. The molecule has 1 aliphatic rings. The van der Waals surface area contributed by atoms with Crippen LogP contribution in [0, 0.1) is 5.92 Å². The number of ether oxygens (including phenoxy) is 1. The Balaban J connectivity index is 2.38. The van der Waals surface area contributed by atoms with Crippen molar-refractivity contribution in [2.45, 2.75) is 77.3 Å². The molecule has 0 radical (unpaired) electrons. The van der Waals surface area contributed by atoms with E-state index in [1.165, 1.54) is 0 Å². The average molecular weight is 289 g/mol. The second kappa shape index (κ2) is 6.70. The van der Waals surface area contributed by atoms with Gasteiger partial charge >= 0.3 is 0 Å². The molecule has 0 bridgehead atoms. The molecule has 1 N–H and O–H groups in total. The van der Waals surface area contributed by atoms with Crippen molar-refractivity contribution in [3.8, 4) is 0 Å². The van der Waals surface area contributed by atoms with Gasteiger partial charge in [0.1, 0.15) is 0 Å². The van der Waals surface area contributed by atoms with Crippen LogP contribution in [-0.2, 0) is 9.16 Å². The van der Waals surface area contributed by atoms with Crippen molar-refractivity contribution in [2.24, 2.45) is 5.92 Å². The molecule has 0 amide bonds. The van der Waals surface area contributed by atoms with Crippen LogP contribution in [0.25, 0.3) is 0 Å². The lowest BCUT2D eigenvalue weighted by Gasteiger charge is -2.37. The molecule has 4 heteroatoms. The van der Waals surface area contributed by atoms with Gasteiger partial charge in [-0.2, -0.15) is 0 Å². The first-order chi connectivity index (χ1) is 8.67. The molecule has 0 spiro atoms. The lowest BCUT2D eigenvalue weighted by Crippen LogP contribution is -2.42. The largest absolute Gasteiger partial charge is 0.416 e. The Kier molecular flexibility index (Phi) is 6.05. The molecule has 1 saturated heterocycles. The molecular formula is C15H32O3Si. The van der Waals surface area contributed by atoms with E-state index in [4.69, 9.17) is 14.3 Å². The summed E-state index contributed by atoms with van der Waals surface area (Å²) in [5, 5.41) is 9.22. The number of rotatable bonds is 6. The molecule has 1 heterocycles. The summed E-state index contributed by atoms with van der Waals surface area (Å²) in [7, 11) is -1.65. The molecule has 1 rings (SSSR count). The Hall–Kier alpha value is 0.0969. The lowest BCUT2D eigenvalue weighted by atomic mass is 10.0. The number of aliphatic hydroxyl groups excluding tert-OH is 1. The number of aliphatic hydroxyl groups is 1. The molecule has 0 aliphatic carbocycles. The van der Waals surface area contributed by atoms with Gasteiger partial charge in [-0.1, -0.05) is 27.7 Å². The van der Waals surface area contributed by atoms with Crippen LogP contribution in [0.4, 0.5) is 0 Å². The van der Waals surface area contributed by atoms with Gasteiger partial charge in [0.2, 0.25) is 0 Å². The van der Waals surface area contributed by atoms with Crippen molar-refractivity contribution in [1.82, 2.24) is 0 Å². The van der Waals surface area contributed by atoms with Crippen LogP contribution in [0.5, 0.6) is 0 Å². The molecule has 3 atom stereocenters. The Bertz CT molecular complexity index is 273. The first kappa shape index (κ1) is 17.1. The van der Waals surface area contributed by atoms with E-state index in [9.17, 15) is 0 Å². The highest BCUT2D eigenvalue weighted by Crippen LogP contribution is 2.37. The van der Waals surface area contributed by atoms with E-state index in [0.29, 0.717) is 12.0 Å². The second-order valence-corrected chi connectivity index (χ2v) is 12.2. The van der Waals surface area contributed by atoms with Crippen LogP contribution >= 0.6 is 0 Å². The quantitative estimate of drug-likeness (QED) is 0.759. The third kappa shape index (κ3) is 4.85. The molecular weight excluding hydrogens is 256 g/mol. The molecule has 0 saturated carbocycles. The van der Waals surface area contributed by atoms with Crippen LogP contribution in [0.2, 0.25) is 18.1 Å². The van der Waals surface area contributed by atoms with E-state index in [2.05, 4.69) is 40.8 Å². The molecule has 0 unspecified atom stereocenters. The summed E-state index contributed by atoms with van der Waals surface area (Å²) < 4.78 is 12.3. The maximum Gasteiger partial charge on any atom is 0.191 e. The molecule has 0 aromatic rings. The summed E-state index contributed by atoms with van der Waals surface area (Å²) in [4.78, 5) is 0. The molecule has 1 aliphatic heterocycles. The first-order valence-electron chi connectivity index (χ1n) is 7.57.